The first kappa shape index (κ1) is 29.0. The van der Waals surface area contributed by atoms with E-state index in [1.165, 1.54) is 36.9 Å². The number of rotatable bonds is 6. The summed E-state index contributed by atoms with van der Waals surface area (Å²) >= 11 is 1.83. The first-order chi connectivity index (χ1) is 24.3. The summed E-state index contributed by atoms with van der Waals surface area (Å²) in [4.78, 5) is 15.5. The van der Waals surface area contributed by atoms with Crippen LogP contribution in [0.4, 0.5) is 0 Å². The van der Waals surface area contributed by atoms with Gasteiger partial charge in [-0.2, -0.15) is 0 Å². The monoisotopic (exact) mass is 643 g/mol. The smallest absolute Gasteiger partial charge is 0.164 e. The molecule has 4 heteroatoms. The minimum Gasteiger partial charge on any atom is -0.208 e. The molecule has 0 N–H and O–H groups in total. The number of benzene rings is 7. The Kier molecular flexibility index (Phi) is 7.34. The lowest BCUT2D eigenvalue weighted by Gasteiger charge is -2.12. The van der Waals surface area contributed by atoms with Crippen molar-refractivity contribution >= 4 is 31.5 Å². The number of fused-ring (bicyclic) bond motifs is 3. The van der Waals surface area contributed by atoms with E-state index in [4.69, 9.17) is 15.0 Å². The van der Waals surface area contributed by atoms with E-state index in [1.807, 2.05) is 23.5 Å². The topological polar surface area (TPSA) is 38.7 Å². The molecule has 230 valence electrons. The van der Waals surface area contributed by atoms with Crippen LogP contribution in [-0.2, 0) is 0 Å². The standard InChI is InChI=1S/C45H29N3S/c1-4-13-30(14-5-1)32-23-25-34(26-24-32)43-46-44(36-20-12-19-35(27-36)31-15-6-2-7-16-31)48-45(47-43)37-28-39(33-17-8-3-9-18-33)42-40(29-37)38-21-10-11-22-41(38)49-42/h1-29H. The van der Waals surface area contributed by atoms with Crippen LogP contribution in [0.1, 0.15) is 0 Å². The third-order valence-corrected chi connectivity index (χ3v) is 10.2. The lowest BCUT2D eigenvalue weighted by atomic mass is 9.99. The summed E-state index contributed by atoms with van der Waals surface area (Å²) in [6.45, 7) is 0. The van der Waals surface area contributed by atoms with Gasteiger partial charge in [0.2, 0.25) is 0 Å². The first-order valence-corrected chi connectivity index (χ1v) is 17.2. The Balaban J connectivity index is 1.25. The minimum absolute atomic E-state index is 0.640. The first-order valence-electron chi connectivity index (χ1n) is 16.4. The van der Waals surface area contributed by atoms with Gasteiger partial charge in [0.15, 0.2) is 17.5 Å². The van der Waals surface area contributed by atoms with E-state index in [1.54, 1.807) is 0 Å². The van der Waals surface area contributed by atoms with Crippen LogP contribution in [0.3, 0.4) is 0 Å². The fourth-order valence-electron chi connectivity index (χ4n) is 6.46. The molecule has 0 aliphatic carbocycles. The van der Waals surface area contributed by atoms with Gasteiger partial charge in [0.25, 0.3) is 0 Å². The van der Waals surface area contributed by atoms with Crippen LogP contribution in [0.5, 0.6) is 0 Å². The van der Waals surface area contributed by atoms with Gasteiger partial charge >= 0.3 is 0 Å². The Labute approximate surface area is 288 Å². The van der Waals surface area contributed by atoms with Crippen LogP contribution >= 0.6 is 11.3 Å². The van der Waals surface area contributed by atoms with Gasteiger partial charge in [-0.15, -0.1) is 11.3 Å². The van der Waals surface area contributed by atoms with Crippen molar-refractivity contribution in [3.8, 4) is 67.5 Å². The van der Waals surface area contributed by atoms with Crippen molar-refractivity contribution in [2.45, 2.75) is 0 Å². The molecule has 49 heavy (non-hydrogen) atoms. The van der Waals surface area contributed by atoms with Gasteiger partial charge in [-0.1, -0.05) is 152 Å². The highest BCUT2D eigenvalue weighted by Gasteiger charge is 2.18. The average molecular weight is 644 g/mol. The highest BCUT2D eigenvalue weighted by Crippen LogP contribution is 2.42. The number of thiophene rings is 1. The molecule has 0 fully saturated rings. The summed E-state index contributed by atoms with van der Waals surface area (Å²) in [5.74, 6) is 1.93. The largest absolute Gasteiger partial charge is 0.208 e. The van der Waals surface area contributed by atoms with E-state index in [0.717, 1.165) is 33.4 Å². The Morgan fingerprint density at radius 1 is 0.306 bits per heavy atom. The molecule has 0 unspecified atom stereocenters. The van der Waals surface area contributed by atoms with E-state index in [9.17, 15) is 0 Å². The predicted octanol–water partition coefficient (Wildman–Crippen LogP) is 12.2. The molecule has 0 atom stereocenters. The molecule has 2 heterocycles. The molecule has 9 aromatic rings. The normalized spacial score (nSPS) is 11.3. The van der Waals surface area contributed by atoms with E-state index in [2.05, 4.69) is 164 Å². The maximum absolute atomic E-state index is 5.19. The van der Waals surface area contributed by atoms with E-state index in [-0.39, 0.29) is 0 Å². The zero-order chi connectivity index (χ0) is 32.6. The predicted molar refractivity (Wildman–Crippen MR) is 205 cm³/mol. The fraction of sp³-hybridized carbons (Fsp3) is 0. The summed E-state index contributed by atoms with van der Waals surface area (Å²) in [6.07, 6.45) is 0. The van der Waals surface area contributed by atoms with Gasteiger partial charge in [0.05, 0.1) is 0 Å². The second-order valence-corrected chi connectivity index (χ2v) is 13.1. The van der Waals surface area contributed by atoms with E-state index >= 15 is 0 Å². The molecule has 0 saturated carbocycles. The third kappa shape index (κ3) is 5.58. The van der Waals surface area contributed by atoms with Gasteiger partial charge in [-0.3, -0.25) is 0 Å². The molecule has 0 saturated heterocycles. The molecule has 2 aromatic heterocycles. The van der Waals surface area contributed by atoms with Crippen LogP contribution < -0.4 is 0 Å². The maximum atomic E-state index is 5.19. The highest BCUT2D eigenvalue weighted by atomic mass is 32.1. The van der Waals surface area contributed by atoms with Crippen molar-refractivity contribution in [1.82, 2.24) is 15.0 Å². The van der Waals surface area contributed by atoms with Crippen molar-refractivity contribution in [1.29, 1.82) is 0 Å². The van der Waals surface area contributed by atoms with E-state index < -0.39 is 0 Å². The fourth-order valence-corrected chi connectivity index (χ4v) is 7.68. The molecule has 3 nitrogen and oxygen atoms in total. The van der Waals surface area contributed by atoms with Gasteiger partial charge in [0, 0.05) is 42.4 Å². The molecule has 0 aliphatic rings. The summed E-state index contributed by atoms with van der Waals surface area (Å²) in [5, 5.41) is 2.45. The minimum atomic E-state index is 0.640. The maximum Gasteiger partial charge on any atom is 0.164 e. The molecule has 0 radical (unpaired) electrons. The van der Waals surface area contributed by atoms with Crippen LogP contribution in [0.25, 0.3) is 87.7 Å². The van der Waals surface area contributed by atoms with Crippen molar-refractivity contribution in [3.63, 3.8) is 0 Å². The lowest BCUT2D eigenvalue weighted by molar-refractivity contribution is 1.07. The van der Waals surface area contributed by atoms with Crippen LogP contribution in [0.15, 0.2) is 176 Å². The summed E-state index contributed by atoms with van der Waals surface area (Å²) in [6, 6.07) is 61.5. The summed E-state index contributed by atoms with van der Waals surface area (Å²) < 4.78 is 2.53. The Morgan fingerprint density at radius 3 is 1.49 bits per heavy atom. The molecule has 0 amide bonds. The second-order valence-electron chi connectivity index (χ2n) is 12.1. The van der Waals surface area contributed by atoms with Crippen molar-refractivity contribution < 1.29 is 0 Å². The van der Waals surface area contributed by atoms with E-state index in [0.29, 0.717) is 17.5 Å². The average Bonchev–Trinajstić information content (AvgIpc) is 3.57. The number of hydrogen-bond donors (Lipinski definition) is 0. The van der Waals surface area contributed by atoms with Crippen molar-refractivity contribution in [3.05, 3.63) is 176 Å². The zero-order valence-corrected chi connectivity index (χ0v) is 27.3. The molecule has 9 rings (SSSR count). The van der Waals surface area contributed by atoms with Crippen molar-refractivity contribution in [2.75, 3.05) is 0 Å². The van der Waals surface area contributed by atoms with Gasteiger partial charge in [-0.25, -0.2) is 15.0 Å². The molecular formula is C45H29N3S. The molecule has 0 bridgehead atoms. The van der Waals surface area contributed by atoms with Gasteiger partial charge in [0.1, 0.15) is 0 Å². The van der Waals surface area contributed by atoms with Gasteiger partial charge < -0.3 is 0 Å². The highest BCUT2D eigenvalue weighted by molar-refractivity contribution is 7.26. The Morgan fingerprint density at radius 2 is 0.796 bits per heavy atom. The summed E-state index contributed by atoms with van der Waals surface area (Å²) in [5.41, 5.74) is 9.78. The molecule has 0 spiro atoms. The number of hydrogen-bond acceptors (Lipinski definition) is 4. The molecule has 7 aromatic carbocycles. The third-order valence-electron chi connectivity index (χ3n) is 8.93. The van der Waals surface area contributed by atoms with Crippen molar-refractivity contribution in [2.24, 2.45) is 0 Å². The van der Waals surface area contributed by atoms with Crippen LogP contribution in [-0.4, -0.2) is 15.0 Å². The Bertz CT molecular complexity index is 2580. The number of nitrogens with zero attached hydrogens (tertiary/aromatic N) is 3. The molecule has 0 aliphatic heterocycles. The van der Waals surface area contributed by atoms with Gasteiger partial charge in [-0.05, 0) is 52.1 Å². The number of aromatic nitrogens is 3. The summed E-state index contributed by atoms with van der Waals surface area (Å²) in [7, 11) is 0. The quantitative estimate of drug-likeness (QED) is 0.181. The van der Waals surface area contributed by atoms with Crippen LogP contribution in [0.2, 0.25) is 0 Å². The zero-order valence-electron chi connectivity index (χ0n) is 26.5. The van der Waals surface area contributed by atoms with Crippen LogP contribution in [0, 0.1) is 0 Å². The Hall–Kier alpha value is -6.23. The second kappa shape index (κ2) is 12.4. The molecular weight excluding hydrogens is 615 g/mol. The SMILES string of the molecule is c1ccc(-c2ccc(-c3nc(-c4cccc(-c5ccccc5)c4)nc(-c4cc(-c5ccccc5)c5sc6ccccc6c5c4)n3)cc2)cc1. The lowest BCUT2D eigenvalue weighted by Crippen LogP contribution is -2.00.